The number of hydrogen-bond donors (Lipinski definition) is 0. The van der Waals surface area contributed by atoms with Gasteiger partial charge < -0.3 is 4.79 Å². The summed E-state index contributed by atoms with van der Waals surface area (Å²) >= 11 is 0. The van der Waals surface area contributed by atoms with Gasteiger partial charge in [0, 0.05) is 5.92 Å². The predicted octanol–water partition coefficient (Wildman–Crippen LogP) is 1.23. The summed E-state index contributed by atoms with van der Waals surface area (Å²) in [6.07, 6.45) is 5.16. The minimum absolute atomic E-state index is 0.481. The van der Waals surface area contributed by atoms with E-state index in [0.29, 0.717) is 5.92 Å². The molecule has 2 bridgehead atoms. The molecule has 3 aliphatic rings. The molecule has 3 aliphatic carbocycles. The Morgan fingerprint density at radius 2 is 1.88 bits per heavy atom. The van der Waals surface area contributed by atoms with Crippen molar-refractivity contribution in [3.63, 3.8) is 0 Å². The smallest absolute Gasteiger partial charge is 0.123 e. The van der Waals surface area contributed by atoms with Crippen molar-refractivity contribution in [2.45, 2.75) is 19.3 Å². The molecule has 3 fully saturated rings. The Bertz CT molecular complexity index is 106. The maximum atomic E-state index is 10.2. The Labute approximate surface area is 49.1 Å². The third-order valence-corrected chi connectivity index (χ3v) is 2.76. The van der Waals surface area contributed by atoms with Crippen molar-refractivity contribution in [2.75, 3.05) is 0 Å². The van der Waals surface area contributed by atoms with E-state index in [2.05, 4.69) is 0 Å². The van der Waals surface area contributed by atoms with E-state index >= 15 is 0 Å². The van der Waals surface area contributed by atoms with Crippen LogP contribution in [-0.4, -0.2) is 6.29 Å². The number of hydrogen-bond acceptors (Lipinski definition) is 1. The predicted molar refractivity (Wildman–Crippen MR) is 30.4 cm³/mol. The quantitative estimate of drug-likeness (QED) is 0.464. The molecule has 0 heterocycles. The van der Waals surface area contributed by atoms with Crippen LogP contribution < -0.4 is 0 Å². The van der Waals surface area contributed by atoms with Crippen molar-refractivity contribution in [2.24, 2.45) is 17.8 Å². The average molecular weight is 110 g/mol. The first kappa shape index (κ1) is 4.54. The van der Waals surface area contributed by atoms with Crippen molar-refractivity contribution < 1.29 is 4.79 Å². The molecule has 2 atom stereocenters. The molecule has 0 spiro atoms. The Morgan fingerprint density at radius 1 is 1.25 bits per heavy atom. The fourth-order valence-electron chi connectivity index (χ4n) is 2.16. The van der Waals surface area contributed by atoms with Gasteiger partial charge in [0.05, 0.1) is 0 Å². The van der Waals surface area contributed by atoms with E-state index in [1.807, 2.05) is 0 Å². The summed E-state index contributed by atoms with van der Waals surface area (Å²) in [6.45, 7) is 0. The third-order valence-electron chi connectivity index (χ3n) is 2.76. The first-order valence-corrected chi connectivity index (χ1v) is 3.37. The molecule has 1 heteroatoms. The Kier molecular flexibility index (Phi) is 0.758. The monoisotopic (exact) mass is 110 g/mol. The van der Waals surface area contributed by atoms with Crippen molar-refractivity contribution >= 4 is 6.29 Å². The molecule has 0 aromatic rings. The maximum Gasteiger partial charge on any atom is 0.123 e. The van der Waals surface area contributed by atoms with Gasteiger partial charge in [0.1, 0.15) is 6.29 Å². The molecular formula is C7H10O. The topological polar surface area (TPSA) is 17.1 Å². The first-order valence-electron chi connectivity index (χ1n) is 3.37. The molecule has 3 saturated carbocycles. The minimum atomic E-state index is 0.481. The molecule has 0 aliphatic heterocycles. The SMILES string of the molecule is O=CC1C2CCC1C2. The van der Waals surface area contributed by atoms with Crippen molar-refractivity contribution in [3.8, 4) is 0 Å². The second kappa shape index (κ2) is 1.34. The van der Waals surface area contributed by atoms with Crippen LogP contribution in [0.1, 0.15) is 19.3 Å². The van der Waals surface area contributed by atoms with Crippen LogP contribution in [0.3, 0.4) is 0 Å². The molecule has 2 unspecified atom stereocenters. The zero-order chi connectivity index (χ0) is 5.56. The Hall–Kier alpha value is -0.330. The van der Waals surface area contributed by atoms with Gasteiger partial charge in [0.25, 0.3) is 0 Å². The summed E-state index contributed by atoms with van der Waals surface area (Å²) < 4.78 is 0. The molecule has 0 amide bonds. The lowest BCUT2D eigenvalue weighted by Crippen LogP contribution is -2.28. The van der Waals surface area contributed by atoms with Gasteiger partial charge in [-0.25, -0.2) is 0 Å². The highest BCUT2D eigenvalue weighted by atomic mass is 16.1. The lowest BCUT2D eigenvalue weighted by Gasteiger charge is -2.30. The summed E-state index contributed by atoms with van der Waals surface area (Å²) in [7, 11) is 0. The van der Waals surface area contributed by atoms with Crippen LogP contribution in [0, 0.1) is 17.8 Å². The molecule has 0 radical (unpaired) electrons. The second-order valence-electron chi connectivity index (χ2n) is 3.05. The third kappa shape index (κ3) is 0.355. The Balaban J connectivity index is 2.11. The van der Waals surface area contributed by atoms with E-state index in [9.17, 15) is 4.79 Å². The van der Waals surface area contributed by atoms with Crippen LogP contribution in [0.15, 0.2) is 0 Å². The van der Waals surface area contributed by atoms with Crippen molar-refractivity contribution in [1.82, 2.24) is 0 Å². The van der Waals surface area contributed by atoms with Gasteiger partial charge in [-0.3, -0.25) is 0 Å². The van der Waals surface area contributed by atoms with Gasteiger partial charge in [0.2, 0.25) is 0 Å². The molecule has 0 N–H and O–H groups in total. The van der Waals surface area contributed by atoms with Crippen LogP contribution in [0.25, 0.3) is 0 Å². The van der Waals surface area contributed by atoms with E-state index in [0.717, 1.165) is 18.1 Å². The molecular weight excluding hydrogens is 100 g/mol. The van der Waals surface area contributed by atoms with E-state index in [1.165, 1.54) is 19.3 Å². The standard InChI is InChI=1S/C7H10O/c8-4-7-5-1-2-6(7)3-5/h4-7H,1-3H2. The van der Waals surface area contributed by atoms with Crippen LogP contribution in [0.2, 0.25) is 0 Å². The number of aldehydes is 1. The zero-order valence-electron chi connectivity index (χ0n) is 4.84. The van der Waals surface area contributed by atoms with E-state index in [-0.39, 0.29) is 0 Å². The van der Waals surface area contributed by atoms with Gasteiger partial charge in [-0.2, -0.15) is 0 Å². The molecule has 0 aromatic carbocycles. The van der Waals surface area contributed by atoms with Gasteiger partial charge >= 0.3 is 0 Å². The largest absolute Gasteiger partial charge is 0.303 e. The molecule has 8 heavy (non-hydrogen) atoms. The summed E-state index contributed by atoms with van der Waals surface area (Å²) in [5, 5.41) is 0. The van der Waals surface area contributed by atoms with E-state index in [4.69, 9.17) is 0 Å². The Morgan fingerprint density at radius 3 is 2.12 bits per heavy atom. The molecule has 44 valence electrons. The normalized spacial score (nSPS) is 50.8. The van der Waals surface area contributed by atoms with E-state index in [1.54, 1.807) is 0 Å². The van der Waals surface area contributed by atoms with E-state index < -0.39 is 0 Å². The summed E-state index contributed by atoms with van der Waals surface area (Å²) in [6, 6.07) is 0. The lowest BCUT2D eigenvalue weighted by atomic mass is 9.73. The van der Waals surface area contributed by atoms with Crippen LogP contribution >= 0.6 is 0 Å². The first-order chi connectivity index (χ1) is 3.92. The highest BCUT2D eigenvalue weighted by Crippen LogP contribution is 2.52. The van der Waals surface area contributed by atoms with Crippen LogP contribution in [0.5, 0.6) is 0 Å². The number of fused-ring (bicyclic) bond motifs is 1. The zero-order valence-corrected chi connectivity index (χ0v) is 4.84. The number of carbonyl (C=O) groups excluding carboxylic acids is 1. The highest BCUT2D eigenvalue weighted by Gasteiger charge is 2.46. The van der Waals surface area contributed by atoms with Gasteiger partial charge in [-0.15, -0.1) is 0 Å². The van der Waals surface area contributed by atoms with Crippen LogP contribution in [0.4, 0.5) is 0 Å². The summed E-state index contributed by atoms with van der Waals surface area (Å²) in [4.78, 5) is 10.2. The van der Waals surface area contributed by atoms with Gasteiger partial charge in [-0.1, -0.05) is 0 Å². The molecule has 1 nitrogen and oxygen atoms in total. The summed E-state index contributed by atoms with van der Waals surface area (Å²) in [5.74, 6) is 2.09. The maximum absolute atomic E-state index is 10.2. The molecule has 3 rings (SSSR count). The summed E-state index contributed by atoms with van der Waals surface area (Å²) in [5.41, 5.74) is 0. The fraction of sp³-hybridized carbons (Fsp3) is 0.857. The average Bonchev–Trinajstić information content (AvgIpc) is 2.19. The highest BCUT2D eigenvalue weighted by molar-refractivity contribution is 5.57. The van der Waals surface area contributed by atoms with Crippen molar-refractivity contribution in [3.05, 3.63) is 0 Å². The minimum Gasteiger partial charge on any atom is -0.303 e. The number of carbonyl (C=O) groups is 1. The van der Waals surface area contributed by atoms with Gasteiger partial charge in [-0.05, 0) is 31.1 Å². The second-order valence-corrected chi connectivity index (χ2v) is 3.05. The van der Waals surface area contributed by atoms with Crippen molar-refractivity contribution in [1.29, 1.82) is 0 Å². The molecule has 0 saturated heterocycles. The fourth-order valence-corrected chi connectivity index (χ4v) is 2.16. The lowest BCUT2D eigenvalue weighted by molar-refractivity contribution is -0.116. The molecule has 0 aromatic heterocycles. The van der Waals surface area contributed by atoms with Crippen LogP contribution in [-0.2, 0) is 4.79 Å². The van der Waals surface area contributed by atoms with Gasteiger partial charge in [0.15, 0.2) is 0 Å². The number of rotatable bonds is 1.